The number of amides is 1. The highest BCUT2D eigenvalue weighted by Crippen LogP contribution is 2.30. The van der Waals surface area contributed by atoms with Crippen LogP contribution in [0.25, 0.3) is 0 Å². The van der Waals surface area contributed by atoms with Crippen LogP contribution in [0.1, 0.15) is 33.9 Å². The molecule has 1 saturated heterocycles. The highest BCUT2D eigenvalue weighted by atomic mass is 16.2. The van der Waals surface area contributed by atoms with Gasteiger partial charge in [0.1, 0.15) is 0 Å². The van der Waals surface area contributed by atoms with E-state index in [0.29, 0.717) is 4.90 Å². The van der Waals surface area contributed by atoms with Crippen LogP contribution in [-0.4, -0.2) is 22.8 Å². The van der Waals surface area contributed by atoms with Crippen LogP contribution in [0.5, 0.6) is 0 Å². The largest absolute Gasteiger partial charge is 0.339 e. The number of pyridine rings is 1. The zero-order valence-electron chi connectivity index (χ0n) is 13.7. The number of rotatable bonds is 1. The van der Waals surface area contributed by atoms with Gasteiger partial charge in [-0.15, -0.1) is 0 Å². The SMILES string of the molecule is [2H]C([2H])([2H])N1C(=O)C([2H])([2H])C([2H])([2H])[C@H]1c1cccnc1. The fourth-order valence-electron chi connectivity index (χ4n) is 1.14. The van der Waals surface area contributed by atoms with Crippen LogP contribution in [-0.2, 0) is 4.79 Å². The van der Waals surface area contributed by atoms with Crippen LogP contribution in [0.3, 0.4) is 0 Å². The van der Waals surface area contributed by atoms with Crippen LogP contribution < -0.4 is 0 Å². The molecule has 0 N–H and O–H groups in total. The Hall–Kier alpha value is -1.38. The standard InChI is InChI=1S/C10H12N2O/c1-12-9(4-5-10(12)13)8-3-2-6-11-7-8/h2-3,6-7,9H,4-5H2,1H3/t9-/m0/s1/i1D3,4D2,5D2. The Morgan fingerprint density at radius 1 is 1.85 bits per heavy atom. The van der Waals surface area contributed by atoms with Crippen molar-refractivity contribution in [2.75, 3.05) is 6.98 Å². The molecule has 3 heteroatoms. The summed E-state index contributed by atoms with van der Waals surface area (Å²) < 4.78 is 53.1. The van der Waals surface area contributed by atoms with E-state index in [2.05, 4.69) is 4.98 Å². The van der Waals surface area contributed by atoms with Crippen LogP contribution in [0, 0.1) is 0 Å². The maximum atomic E-state index is 12.0. The van der Waals surface area contributed by atoms with Crippen molar-refractivity contribution in [3.63, 3.8) is 0 Å². The number of hydrogen-bond donors (Lipinski definition) is 0. The predicted octanol–water partition coefficient (Wildman–Crippen LogP) is 1.37. The Bertz CT molecular complexity index is 528. The van der Waals surface area contributed by atoms with Gasteiger partial charge in [0.15, 0.2) is 0 Å². The van der Waals surface area contributed by atoms with E-state index in [9.17, 15) is 4.79 Å². The van der Waals surface area contributed by atoms with Gasteiger partial charge in [-0.05, 0) is 18.0 Å². The minimum atomic E-state index is -2.94. The number of hydrogen-bond acceptors (Lipinski definition) is 2. The third-order valence-electron chi connectivity index (χ3n) is 1.79. The van der Waals surface area contributed by atoms with Gasteiger partial charge < -0.3 is 4.90 Å². The van der Waals surface area contributed by atoms with Crippen molar-refractivity contribution >= 4 is 5.91 Å². The van der Waals surface area contributed by atoms with Gasteiger partial charge in [0.25, 0.3) is 0 Å². The molecule has 2 heterocycles. The second kappa shape index (κ2) is 3.17. The van der Waals surface area contributed by atoms with Crippen molar-refractivity contribution in [3.8, 4) is 0 Å². The van der Waals surface area contributed by atoms with Crippen LogP contribution in [0.15, 0.2) is 24.5 Å². The Balaban J connectivity index is 2.64. The molecule has 0 spiro atoms. The Morgan fingerprint density at radius 2 is 2.77 bits per heavy atom. The first-order chi connectivity index (χ1) is 9.01. The lowest BCUT2D eigenvalue weighted by atomic mass is 10.1. The lowest BCUT2D eigenvalue weighted by molar-refractivity contribution is -0.127. The zero-order valence-corrected chi connectivity index (χ0v) is 6.69. The number of carbonyl (C=O) groups excluding carboxylic acids is 1. The van der Waals surface area contributed by atoms with Crippen molar-refractivity contribution in [1.82, 2.24) is 9.88 Å². The van der Waals surface area contributed by atoms with E-state index in [1.807, 2.05) is 0 Å². The van der Waals surface area contributed by atoms with Gasteiger partial charge in [0.05, 0.1) is 6.04 Å². The van der Waals surface area contributed by atoms with E-state index >= 15 is 0 Å². The molecule has 1 aromatic heterocycles. The summed E-state index contributed by atoms with van der Waals surface area (Å²) in [5, 5.41) is 0. The van der Waals surface area contributed by atoms with Gasteiger partial charge in [-0.3, -0.25) is 9.78 Å². The summed E-state index contributed by atoms with van der Waals surface area (Å²) in [5.41, 5.74) is 0.142. The van der Waals surface area contributed by atoms with Gasteiger partial charge in [-0.25, -0.2) is 0 Å². The molecule has 1 fully saturated rings. The van der Waals surface area contributed by atoms with E-state index in [-0.39, 0.29) is 5.56 Å². The molecule has 0 aliphatic carbocycles. The minimum absolute atomic E-state index is 0.142. The van der Waals surface area contributed by atoms with E-state index < -0.39 is 31.7 Å². The van der Waals surface area contributed by atoms with E-state index in [1.54, 1.807) is 0 Å². The summed E-state index contributed by atoms with van der Waals surface area (Å²) in [7, 11) is 0. The van der Waals surface area contributed by atoms with Crippen LogP contribution in [0.4, 0.5) is 0 Å². The molecule has 68 valence electrons. The molecule has 1 aromatic rings. The van der Waals surface area contributed by atoms with Crippen LogP contribution >= 0.6 is 0 Å². The summed E-state index contributed by atoms with van der Waals surface area (Å²) in [4.78, 5) is 16.1. The van der Waals surface area contributed by atoms with Crippen molar-refractivity contribution in [2.24, 2.45) is 0 Å². The normalized spacial score (nSPS) is 39.1. The Kier molecular flexibility index (Phi) is 0.829. The lowest BCUT2D eigenvalue weighted by Crippen LogP contribution is -2.22. The smallest absolute Gasteiger partial charge is 0.222 e. The number of likely N-dealkylation sites (tertiary alicyclic amines) is 1. The molecule has 2 rings (SSSR count). The zero-order chi connectivity index (χ0) is 15.3. The fraction of sp³-hybridized carbons (Fsp3) is 0.400. The van der Waals surface area contributed by atoms with E-state index in [0.717, 1.165) is 0 Å². The average Bonchev–Trinajstić information content (AvgIpc) is 2.47. The molecule has 1 aliphatic rings. The van der Waals surface area contributed by atoms with E-state index in [1.165, 1.54) is 24.5 Å². The van der Waals surface area contributed by atoms with E-state index in [4.69, 9.17) is 9.60 Å². The van der Waals surface area contributed by atoms with Gasteiger partial charge >= 0.3 is 0 Å². The van der Waals surface area contributed by atoms with Gasteiger partial charge in [0.2, 0.25) is 5.91 Å². The molecule has 0 bridgehead atoms. The monoisotopic (exact) mass is 183 g/mol. The maximum Gasteiger partial charge on any atom is 0.222 e. The predicted molar refractivity (Wildman–Crippen MR) is 49.0 cm³/mol. The van der Waals surface area contributed by atoms with Crippen molar-refractivity contribution in [1.29, 1.82) is 0 Å². The third-order valence-corrected chi connectivity index (χ3v) is 1.79. The molecule has 0 radical (unpaired) electrons. The minimum Gasteiger partial charge on any atom is -0.339 e. The quantitative estimate of drug-likeness (QED) is 0.659. The molecular formula is C10H12N2O. The topological polar surface area (TPSA) is 33.2 Å². The van der Waals surface area contributed by atoms with Gasteiger partial charge in [0, 0.05) is 35.3 Å². The highest BCUT2D eigenvalue weighted by molar-refractivity contribution is 5.78. The third kappa shape index (κ3) is 1.41. The second-order valence-electron chi connectivity index (χ2n) is 2.63. The van der Waals surface area contributed by atoms with Crippen LogP contribution in [0.2, 0.25) is 0 Å². The van der Waals surface area contributed by atoms with Crippen molar-refractivity contribution in [2.45, 2.75) is 18.8 Å². The summed E-state index contributed by atoms with van der Waals surface area (Å²) >= 11 is 0. The number of carbonyl (C=O) groups is 1. The molecule has 0 unspecified atom stereocenters. The maximum absolute atomic E-state index is 12.0. The molecule has 0 aromatic carbocycles. The first kappa shape index (κ1) is 3.40. The number of nitrogens with zero attached hydrogens (tertiary/aromatic N) is 2. The van der Waals surface area contributed by atoms with Gasteiger partial charge in [-0.1, -0.05) is 6.07 Å². The average molecular weight is 183 g/mol. The second-order valence-corrected chi connectivity index (χ2v) is 2.63. The fourth-order valence-corrected chi connectivity index (χ4v) is 1.14. The molecule has 1 atom stereocenters. The molecular weight excluding hydrogens is 164 g/mol. The van der Waals surface area contributed by atoms with Crippen molar-refractivity contribution < 1.29 is 14.4 Å². The lowest BCUT2D eigenvalue weighted by Gasteiger charge is -2.19. The highest BCUT2D eigenvalue weighted by Gasteiger charge is 2.28. The Labute approximate surface area is 87.2 Å². The van der Waals surface area contributed by atoms with Crippen molar-refractivity contribution in [3.05, 3.63) is 30.1 Å². The molecule has 1 aliphatic heterocycles. The molecule has 3 nitrogen and oxygen atoms in total. The first-order valence-corrected chi connectivity index (χ1v) is 3.75. The molecule has 1 amide bonds. The Morgan fingerprint density at radius 3 is 3.46 bits per heavy atom. The summed E-state index contributed by atoms with van der Waals surface area (Å²) in [5.74, 6) is -1.38. The summed E-state index contributed by atoms with van der Waals surface area (Å²) in [6.45, 7) is -2.94. The van der Waals surface area contributed by atoms with Gasteiger partial charge in [-0.2, -0.15) is 0 Å². The number of aromatic nitrogens is 1. The molecule has 13 heavy (non-hydrogen) atoms. The first-order valence-electron chi connectivity index (χ1n) is 7.25. The summed E-state index contributed by atoms with van der Waals surface area (Å²) in [6.07, 6.45) is -2.94. The summed E-state index contributed by atoms with van der Waals surface area (Å²) in [6, 6.07) is 1.34. The molecule has 0 saturated carbocycles.